The highest BCUT2D eigenvalue weighted by Crippen LogP contribution is 2.23. The van der Waals surface area contributed by atoms with Crippen LogP contribution in [0.3, 0.4) is 0 Å². The summed E-state index contributed by atoms with van der Waals surface area (Å²) in [5.74, 6) is -3.01. The van der Waals surface area contributed by atoms with Crippen LogP contribution in [0.5, 0.6) is 0 Å². The van der Waals surface area contributed by atoms with Crippen LogP contribution in [0.2, 0.25) is 0 Å². The van der Waals surface area contributed by atoms with E-state index >= 15 is 0 Å². The lowest BCUT2D eigenvalue weighted by atomic mass is 9.97. The Kier molecular flexibility index (Phi) is 4.60. The van der Waals surface area contributed by atoms with Crippen molar-refractivity contribution in [2.24, 2.45) is 0 Å². The van der Waals surface area contributed by atoms with E-state index in [0.717, 1.165) is 6.07 Å². The quantitative estimate of drug-likeness (QED) is 0.625. The van der Waals surface area contributed by atoms with E-state index in [2.05, 4.69) is 0 Å². The average Bonchev–Trinajstić information content (AvgIpc) is 2.28. The molecule has 1 aromatic carbocycles. The van der Waals surface area contributed by atoms with Crippen molar-refractivity contribution < 1.29 is 24.2 Å². The van der Waals surface area contributed by atoms with Gasteiger partial charge in [-0.3, -0.25) is 4.79 Å². The second-order valence-corrected chi connectivity index (χ2v) is 3.68. The van der Waals surface area contributed by atoms with Crippen molar-refractivity contribution in [3.05, 3.63) is 35.1 Å². The molecule has 0 heterocycles. The lowest BCUT2D eigenvalue weighted by molar-refractivity contribution is -0.147. The van der Waals surface area contributed by atoms with E-state index in [0.29, 0.717) is 0 Å². The zero-order chi connectivity index (χ0) is 13.0. The van der Waals surface area contributed by atoms with Gasteiger partial charge in [0.15, 0.2) is 11.9 Å². The molecule has 92 valence electrons. The summed E-state index contributed by atoms with van der Waals surface area (Å²) >= 11 is 5.39. The van der Waals surface area contributed by atoms with Gasteiger partial charge in [0.05, 0.1) is 0 Å². The first-order chi connectivity index (χ1) is 7.99. The van der Waals surface area contributed by atoms with Crippen LogP contribution in [0.1, 0.15) is 28.4 Å². The smallest absolute Gasteiger partial charge is 0.337 e. The third-order valence-electron chi connectivity index (χ3n) is 2.18. The molecule has 17 heavy (non-hydrogen) atoms. The minimum Gasteiger partial charge on any atom is -0.479 e. The van der Waals surface area contributed by atoms with Crippen molar-refractivity contribution in [3.63, 3.8) is 0 Å². The van der Waals surface area contributed by atoms with Gasteiger partial charge in [0, 0.05) is 23.4 Å². The van der Waals surface area contributed by atoms with Gasteiger partial charge < -0.3 is 10.2 Å². The molecule has 1 rings (SSSR count). The standard InChI is InChI=1S/C11H10ClFO4/c12-5-4-8(14)6-2-1-3-7(13)9(6)10(15)11(16)17/h1-3,10,15H,4-5H2,(H,16,17). The molecule has 6 heteroatoms. The normalized spacial score (nSPS) is 12.2. The molecule has 1 unspecified atom stereocenters. The molecular formula is C11H10ClFO4. The molecule has 0 aliphatic rings. The van der Waals surface area contributed by atoms with Crippen LogP contribution in [-0.2, 0) is 4.79 Å². The van der Waals surface area contributed by atoms with Gasteiger partial charge in [0.25, 0.3) is 0 Å². The van der Waals surface area contributed by atoms with Gasteiger partial charge in [-0.2, -0.15) is 0 Å². The topological polar surface area (TPSA) is 74.6 Å². The van der Waals surface area contributed by atoms with Crippen molar-refractivity contribution >= 4 is 23.4 Å². The largest absolute Gasteiger partial charge is 0.479 e. The van der Waals surface area contributed by atoms with Gasteiger partial charge in [0.1, 0.15) is 5.82 Å². The molecule has 0 amide bonds. The molecule has 0 saturated heterocycles. The number of Topliss-reactive ketones (excluding diaryl/α,β-unsaturated/α-hetero) is 1. The summed E-state index contributed by atoms with van der Waals surface area (Å²) in [6, 6.07) is 3.52. The number of halogens is 2. The van der Waals surface area contributed by atoms with Gasteiger partial charge in [-0.15, -0.1) is 11.6 Å². The van der Waals surface area contributed by atoms with E-state index in [1.807, 2.05) is 0 Å². The van der Waals surface area contributed by atoms with Gasteiger partial charge in [-0.05, 0) is 6.07 Å². The number of hydrogen-bond acceptors (Lipinski definition) is 3. The Hall–Kier alpha value is -1.46. The summed E-state index contributed by atoms with van der Waals surface area (Å²) in [7, 11) is 0. The van der Waals surface area contributed by atoms with Crippen LogP contribution in [0.15, 0.2) is 18.2 Å². The van der Waals surface area contributed by atoms with E-state index < -0.39 is 29.2 Å². The maximum atomic E-state index is 13.5. The number of aliphatic hydroxyl groups excluding tert-OH is 1. The Morgan fingerprint density at radius 1 is 1.41 bits per heavy atom. The summed E-state index contributed by atoms with van der Waals surface area (Å²) in [6.45, 7) is 0. The number of rotatable bonds is 5. The number of hydrogen-bond donors (Lipinski definition) is 2. The lowest BCUT2D eigenvalue weighted by Crippen LogP contribution is -2.17. The molecule has 0 aromatic heterocycles. The Morgan fingerprint density at radius 3 is 2.59 bits per heavy atom. The van der Waals surface area contributed by atoms with Gasteiger partial charge in [-0.1, -0.05) is 12.1 Å². The number of carboxylic acid groups (broad SMARTS) is 1. The maximum absolute atomic E-state index is 13.5. The number of benzene rings is 1. The fourth-order valence-corrected chi connectivity index (χ4v) is 1.57. The van der Waals surface area contributed by atoms with Crippen LogP contribution in [0.25, 0.3) is 0 Å². The number of aliphatic carboxylic acids is 1. The molecule has 1 atom stereocenters. The third kappa shape index (κ3) is 3.01. The molecule has 4 nitrogen and oxygen atoms in total. The zero-order valence-electron chi connectivity index (χ0n) is 8.69. The molecule has 1 aromatic rings. The van der Waals surface area contributed by atoms with E-state index in [1.165, 1.54) is 12.1 Å². The number of aliphatic hydroxyl groups is 1. The highest BCUT2D eigenvalue weighted by Gasteiger charge is 2.25. The van der Waals surface area contributed by atoms with Crippen LogP contribution >= 0.6 is 11.6 Å². The minimum atomic E-state index is -2.06. The molecule has 0 aliphatic heterocycles. The Morgan fingerprint density at radius 2 is 2.06 bits per heavy atom. The predicted octanol–water partition coefficient (Wildman–Crippen LogP) is 1.76. The Balaban J connectivity index is 3.26. The molecule has 0 saturated carbocycles. The second kappa shape index (κ2) is 5.75. The maximum Gasteiger partial charge on any atom is 0.337 e. The fraction of sp³-hybridized carbons (Fsp3) is 0.273. The molecular weight excluding hydrogens is 251 g/mol. The number of carboxylic acids is 1. The molecule has 0 radical (unpaired) electrons. The van der Waals surface area contributed by atoms with E-state index in [-0.39, 0.29) is 17.9 Å². The summed E-state index contributed by atoms with van der Waals surface area (Å²) in [5, 5.41) is 18.0. The highest BCUT2D eigenvalue weighted by atomic mass is 35.5. The Labute approximate surface area is 102 Å². The Bertz CT molecular complexity index is 447. The monoisotopic (exact) mass is 260 g/mol. The van der Waals surface area contributed by atoms with E-state index in [9.17, 15) is 19.1 Å². The first-order valence-corrected chi connectivity index (χ1v) is 5.31. The lowest BCUT2D eigenvalue weighted by Gasteiger charge is -2.12. The van der Waals surface area contributed by atoms with Crippen molar-refractivity contribution in [2.75, 3.05) is 5.88 Å². The number of carbonyl (C=O) groups is 2. The van der Waals surface area contributed by atoms with Crippen molar-refractivity contribution in [2.45, 2.75) is 12.5 Å². The van der Waals surface area contributed by atoms with Crippen molar-refractivity contribution in [1.82, 2.24) is 0 Å². The SMILES string of the molecule is O=C(CCCl)c1cccc(F)c1C(O)C(=O)O. The van der Waals surface area contributed by atoms with Crippen LogP contribution in [-0.4, -0.2) is 27.8 Å². The summed E-state index contributed by atoms with van der Waals surface area (Å²) in [4.78, 5) is 22.2. The number of alkyl halides is 1. The van der Waals surface area contributed by atoms with Gasteiger partial charge in [0.2, 0.25) is 0 Å². The van der Waals surface area contributed by atoms with Gasteiger partial charge >= 0.3 is 5.97 Å². The number of ketones is 1. The molecule has 0 fully saturated rings. The van der Waals surface area contributed by atoms with Crippen LogP contribution in [0.4, 0.5) is 4.39 Å². The minimum absolute atomic E-state index is 0.0396. The van der Waals surface area contributed by atoms with E-state index in [4.69, 9.17) is 16.7 Å². The molecule has 0 spiro atoms. The predicted molar refractivity (Wildman–Crippen MR) is 58.7 cm³/mol. The first-order valence-electron chi connectivity index (χ1n) is 4.77. The van der Waals surface area contributed by atoms with Crippen LogP contribution in [0, 0.1) is 5.82 Å². The van der Waals surface area contributed by atoms with Crippen molar-refractivity contribution in [3.8, 4) is 0 Å². The molecule has 0 aliphatic carbocycles. The summed E-state index contributed by atoms with van der Waals surface area (Å²) in [6.07, 6.45) is -2.12. The first kappa shape index (κ1) is 13.6. The zero-order valence-corrected chi connectivity index (χ0v) is 9.45. The second-order valence-electron chi connectivity index (χ2n) is 3.30. The fourth-order valence-electron chi connectivity index (χ4n) is 1.40. The van der Waals surface area contributed by atoms with Crippen LogP contribution < -0.4 is 0 Å². The van der Waals surface area contributed by atoms with Gasteiger partial charge in [-0.25, -0.2) is 9.18 Å². The summed E-state index contributed by atoms with van der Waals surface area (Å²) in [5.41, 5.74) is -0.671. The van der Waals surface area contributed by atoms with Crippen molar-refractivity contribution in [1.29, 1.82) is 0 Å². The number of carbonyl (C=O) groups excluding carboxylic acids is 1. The highest BCUT2D eigenvalue weighted by molar-refractivity contribution is 6.19. The van der Waals surface area contributed by atoms with E-state index in [1.54, 1.807) is 0 Å². The molecule has 0 bridgehead atoms. The average molecular weight is 261 g/mol. The summed E-state index contributed by atoms with van der Waals surface area (Å²) < 4.78 is 13.5. The molecule has 2 N–H and O–H groups in total. The third-order valence-corrected chi connectivity index (χ3v) is 2.37.